The first-order valence-electron chi connectivity index (χ1n) is 5.88. The molecule has 0 spiro atoms. The van der Waals surface area contributed by atoms with E-state index >= 15 is 0 Å². The molecule has 1 aromatic carbocycles. The van der Waals surface area contributed by atoms with Gasteiger partial charge in [0.05, 0.1) is 11.1 Å². The third kappa shape index (κ3) is 2.15. The molecule has 0 aliphatic heterocycles. The quantitative estimate of drug-likeness (QED) is 0.873. The standard InChI is InChI=1S/C13H17N3O3/c1-7-14-11-10(16(7)4)5-8(13(18)19)9(12(11)17)6-15(2)3/h5,17H,6H2,1-4H3,(H,18,19). The summed E-state index contributed by atoms with van der Waals surface area (Å²) in [5, 5.41) is 19.6. The van der Waals surface area contributed by atoms with Crippen LogP contribution >= 0.6 is 0 Å². The highest BCUT2D eigenvalue weighted by molar-refractivity contribution is 5.97. The minimum atomic E-state index is -1.05. The molecule has 0 aliphatic rings. The molecule has 0 aliphatic carbocycles. The first kappa shape index (κ1) is 13.4. The Labute approximate surface area is 110 Å². The Morgan fingerprint density at radius 2 is 2.11 bits per heavy atom. The Hall–Kier alpha value is -2.08. The first-order valence-corrected chi connectivity index (χ1v) is 5.88. The molecule has 0 saturated heterocycles. The Kier molecular flexibility index (Phi) is 3.20. The van der Waals surface area contributed by atoms with Crippen LogP contribution in [0.25, 0.3) is 11.0 Å². The molecular weight excluding hydrogens is 246 g/mol. The van der Waals surface area contributed by atoms with Crippen LogP contribution in [-0.4, -0.2) is 44.7 Å². The summed E-state index contributed by atoms with van der Waals surface area (Å²) in [7, 11) is 5.43. The number of imidazole rings is 1. The number of rotatable bonds is 3. The SMILES string of the molecule is Cc1nc2c(O)c(CN(C)C)c(C(=O)O)cc2n1C. The van der Waals surface area contributed by atoms with Gasteiger partial charge in [-0.3, -0.25) is 0 Å². The van der Waals surface area contributed by atoms with Crippen LogP contribution in [0, 0.1) is 6.92 Å². The zero-order valence-electron chi connectivity index (χ0n) is 11.4. The van der Waals surface area contributed by atoms with E-state index in [9.17, 15) is 15.0 Å². The second-order valence-electron chi connectivity index (χ2n) is 4.88. The number of fused-ring (bicyclic) bond motifs is 1. The molecule has 0 atom stereocenters. The number of aryl methyl sites for hydroxylation is 2. The maximum Gasteiger partial charge on any atom is 0.336 e. The van der Waals surface area contributed by atoms with E-state index in [1.54, 1.807) is 17.7 Å². The van der Waals surface area contributed by atoms with Crippen LogP contribution in [0.1, 0.15) is 21.7 Å². The van der Waals surface area contributed by atoms with Crippen molar-refractivity contribution in [3.63, 3.8) is 0 Å². The predicted octanol–water partition coefficient (Wildman–Crippen LogP) is 1.35. The van der Waals surface area contributed by atoms with Gasteiger partial charge in [-0.05, 0) is 27.1 Å². The topological polar surface area (TPSA) is 78.6 Å². The third-order valence-electron chi connectivity index (χ3n) is 3.18. The normalized spacial score (nSPS) is 11.4. The van der Waals surface area contributed by atoms with E-state index in [2.05, 4.69) is 4.98 Å². The van der Waals surface area contributed by atoms with Gasteiger partial charge in [0, 0.05) is 19.2 Å². The number of nitrogens with zero attached hydrogens (tertiary/aromatic N) is 3. The van der Waals surface area contributed by atoms with Crippen LogP contribution in [0.4, 0.5) is 0 Å². The van der Waals surface area contributed by atoms with Crippen molar-refractivity contribution >= 4 is 17.0 Å². The lowest BCUT2D eigenvalue weighted by atomic mass is 10.0. The Bertz CT molecular complexity index is 659. The molecule has 102 valence electrons. The Morgan fingerprint density at radius 1 is 1.47 bits per heavy atom. The largest absolute Gasteiger partial charge is 0.505 e. The number of aromatic hydroxyl groups is 1. The van der Waals surface area contributed by atoms with Gasteiger partial charge in [-0.15, -0.1) is 0 Å². The van der Waals surface area contributed by atoms with Gasteiger partial charge in [-0.2, -0.15) is 0 Å². The van der Waals surface area contributed by atoms with Crippen LogP contribution < -0.4 is 0 Å². The fourth-order valence-corrected chi connectivity index (χ4v) is 2.13. The average Bonchev–Trinajstić information content (AvgIpc) is 2.59. The number of phenols is 1. The number of aromatic carboxylic acids is 1. The highest BCUT2D eigenvalue weighted by Crippen LogP contribution is 2.32. The zero-order valence-corrected chi connectivity index (χ0v) is 11.4. The minimum Gasteiger partial charge on any atom is -0.505 e. The highest BCUT2D eigenvalue weighted by Gasteiger charge is 2.21. The summed E-state index contributed by atoms with van der Waals surface area (Å²) in [6.07, 6.45) is 0. The number of carboxylic acid groups (broad SMARTS) is 1. The molecule has 6 heteroatoms. The lowest BCUT2D eigenvalue weighted by Crippen LogP contribution is -2.14. The maximum atomic E-state index is 11.4. The second-order valence-corrected chi connectivity index (χ2v) is 4.88. The van der Waals surface area contributed by atoms with Gasteiger partial charge < -0.3 is 19.7 Å². The monoisotopic (exact) mass is 263 g/mol. The molecule has 0 bridgehead atoms. The van der Waals surface area contributed by atoms with E-state index in [0.29, 0.717) is 23.1 Å². The molecule has 1 aromatic heterocycles. The van der Waals surface area contributed by atoms with Crippen LogP contribution in [0.5, 0.6) is 5.75 Å². The molecule has 2 aromatic rings. The Balaban J connectivity index is 2.81. The van der Waals surface area contributed by atoms with E-state index in [1.165, 1.54) is 0 Å². The van der Waals surface area contributed by atoms with Gasteiger partial charge >= 0.3 is 5.97 Å². The van der Waals surface area contributed by atoms with Crippen molar-refractivity contribution in [2.24, 2.45) is 7.05 Å². The van der Waals surface area contributed by atoms with Crippen molar-refractivity contribution in [1.29, 1.82) is 0 Å². The lowest BCUT2D eigenvalue weighted by Gasteiger charge is -2.14. The average molecular weight is 263 g/mol. The number of carboxylic acids is 1. The van der Waals surface area contributed by atoms with Crippen molar-refractivity contribution in [3.05, 3.63) is 23.0 Å². The van der Waals surface area contributed by atoms with Crippen molar-refractivity contribution < 1.29 is 15.0 Å². The van der Waals surface area contributed by atoms with E-state index in [1.807, 2.05) is 25.9 Å². The summed E-state index contributed by atoms with van der Waals surface area (Å²) in [5.41, 5.74) is 1.57. The van der Waals surface area contributed by atoms with Gasteiger partial charge in [0.1, 0.15) is 17.1 Å². The van der Waals surface area contributed by atoms with Gasteiger partial charge in [0.2, 0.25) is 0 Å². The fourth-order valence-electron chi connectivity index (χ4n) is 2.13. The zero-order chi connectivity index (χ0) is 14.3. The van der Waals surface area contributed by atoms with Crippen LogP contribution in [-0.2, 0) is 13.6 Å². The number of hydrogen-bond donors (Lipinski definition) is 2. The minimum absolute atomic E-state index is 0.0488. The molecule has 2 N–H and O–H groups in total. The van der Waals surface area contributed by atoms with Gasteiger partial charge in [-0.25, -0.2) is 9.78 Å². The first-order chi connectivity index (χ1) is 8.82. The molecule has 19 heavy (non-hydrogen) atoms. The van der Waals surface area contributed by atoms with E-state index < -0.39 is 5.97 Å². The summed E-state index contributed by atoms with van der Waals surface area (Å²) in [5.74, 6) is -0.371. The van der Waals surface area contributed by atoms with E-state index in [0.717, 1.165) is 5.82 Å². The van der Waals surface area contributed by atoms with Crippen LogP contribution in [0.2, 0.25) is 0 Å². The van der Waals surface area contributed by atoms with E-state index in [4.69, 9.17) is 0 Å². The summed E-state index contributed by atoms with van der Waals surface area (Å²) in [4.78, 5) is 17.4. The van der Waals surface area contributed by atoms with Crippen LogP contribution in [0.3, 0.4) is 0 Å². The molecule has 2 rings (SSSR count). The molecule has 0 amide bonds. The molecular formula is C13H17N3O3. The predicted molar refractivity (Wildman–Crippen MR) is 71.5 cm³/mol. The second kappa shape index (κ2) is 4.55. The van der Waals surface area contributed by atoms with Crippen molar-refractivity contribution in [2.75, 3.05) is 14.1 Å². The number of phenolic OH excluding ortho intramolecular Hbond substituents is 1. The number of hydrogen-bond acceptors (Lipinski definition) is 4. The Morgan fingerprint density at radius 3 is 2.63 bits per heavy atom. The van der Waals surface area contributed by atoms with Crippen molar-refractivity contribution in [2.45, 2.75) is 13.5 Å². The molecule has 1 heterocycles. The van der Waals surface area contributed by atoms with Gasteiger partial charge in [-0.1, -0.05) is 0 Å². The van der Waals surface area contributed by atoms with Gasteiger partial charge in [0.25, 0.3) is 0 Å². The fraction of sp³-hybridized carbons (Fsp3) is 0.385. The number of carbonyl (C=O) groups is 1. The number of benzene rings is 1. The molecule has 0 unspecified atom stereocenters. The smallest absolute Gasteiger partial charge is 0.336 e. The van der Waals surface area contributed by atoms with Crippen molar-refractivity contribution in [1.82, 2.24) is 14.5 Å². The molecule has 0 saturated carbocycles. The highest BCUT2D eigenvalue weighted by atomic mass is 16.4. The summed E-state index contributed by atoms with van der Waals surface area (Å²) >= 11 is 0. The summed E-state index contributed by atoms with van der Waals surface area (Å²) in [6.45, 7) is 2.16. The molecule has 6 nitrogen and oxygen atoms in total. The van der Waals surface area contributed by atoms with Crippen LogP contribution in [0.15, 0.2) is 6.07 Å². The third-order valence-corrected chi connectivity index (χ3v) is 3.18. The summed E-state index contributed by atoms with van der Waals surface area (Å²) < 4.78 is 1.76. The lowest BCUT2D eigenvalue weighted by molar-refractivity contribution is 0.0694. The number of aromatic nitrogens is 2. The van der Waals surface area contributed by atoms with E-state index in [-0.39, 0.29) is 11.3 Å². The summed E-state index contributed by atoms with van der Waals surface area (Å²) in [6, 6.07) is 1.57. The molecule has 0 fully saturated rings. The molecule has 0 radical (unpaired) electrons. The maximum absolute atomic E-state index is 11.4. The van der Waals surface area contributed by atoms with Gasteiger partial charge in [0.15, 0.2) is 0 Å². The van der Waals surface area contributed by atoms with Crippen molar-refractivity contribution in [3.8, 4) is 5.75 Å².